The second kappa shape index (κ2) is 10.9. The standard InChI is InChI=1S/C29H25ClN4O4/c1-33-17-16-20-18-26(14-15-27(20)28(33)19-2-4-21(30)5-3-19)38-25-12-8-23(9-13-25)32-29(35)31-22-6-10-24(11-7-22)34(36)37/h2-15,18,28H,16-17H2,1H3,(H2,31,32,35). The van der Waals surface area contributed by atoms with Crippen molar-refractivity contribution in [1.82, 2.24) is 4.90 Å². The van der Waals surface area contributed by atoms with Crippen LogP contribution < -0.4 is 15.4 Å². The SMILES string of the molecule is CN1CCc2cc(Oc3ccc(NC(=O)Nc4ccc([N+](=O)[O-])cc4)cc3)ccc2C1c1ccc(Cl)cc1. The minimum absolute atomic E-state index is 0.0424. The van der Waals surface area contributed by atoms with Crippen LogP contribution in [0.1, 0.15) is 22.7 Å². The molecule has 0 aliphatic carbocycles. The highest BCUT2D eigenvalue weighted by atomic mass is 35.5. The van der Waals surface area contributed by atoms with Gasteiger partial charge in [0.25, 0.3) is 5.69 Å². The highest BCUT2D eigenvalue weighted by molar-refractivity contribution is 6.30. The van der Waals surface area contributed by atoms with Crippen molar-refractivity contribution < 1.29 is 14.5 Å². The van der Waals surface area contributed by atoms with Crippen molar-refractivity contribution >= 4 is 34.7 Å². The highest BCUT2D eigenvalue weighted by Gasteiger charge is 2.26. The summed E-state index contributed by atoms with van der Waals surface area (Å²) in [4.78, 5) is 24.9. The molecule has 1 aliphatic heterocycles. The van der Waals surface area contributed by atoms with Crippen LogP contribution in [0.3, 0.4) is 0 Å². The summed E-state index contributed by atoms with van der Waals surface area (Å²) in [7, 11) is 2.13. The third-order valence-corrected chi connectivity index (χ3v) is 6.71. The molecular formula is C29H25ClN4O4. The first-order valence-corrected chi connectivity index (χ1v) is 12.4. The van der Waals surface area contributed by atoms with Crippen molar-refractivity contribution in [2.45, 2.75) is 12.5 Å². The van der Waals surface area contributed by atoms with E-state index in [0.717, 1.165) is 23.7 Å². The number of nitrogens with zero attached hydrogens (tertiary/aromatic N) is 2. The number of urea groups is 1. The number of likely N-dealkylation sites (N-methyl/N-ethyl adjacent to an activating group) is 1. The van der Waals surface area contributed by atoms with Gasteiger partial charge in [0.15, 0.2) is 0 Å². The summed E-state index contributed by atoms with van der Waals surface area (Å²) in [5, 5.41) is 16.9. The predicted molar refractivity (Wildman–Crippen MR) is 148 cm³/mol. The smallest absolute Gasteiger partial charge is 0.323 e. The molecule has 4 aromatic rings. The Labute approximate surface area is 225 Å². The maximum absolute atomic E-state index is 12.3. The molecule has 0 radical (unpaired) electrons. The lowest BCUT2D eigenvalue weighted by atomic mass is 9.88. The second-order valence-corrected chi connectivity index (χ2v) is 9.49. The summed E-state index contributed by atoms with van der Waals surface area (Å²) in [5.74, 6) is 1.40. The number of hydrogen-bond acceptors (Lipinski definition) is 5. The Bertz CT molecular complexity index is 1460. The largest absolute Gasteiger partial charge is 0.457 e. The topological polar surface area (TPSA) is 96.7 Å². The molecule has 0 bridgehead atoms. The summed E-state index contributed by atoms with van der Waals surface area (Å²) >= 11 is 6.09. The number of non-ortho nitro benzene ring substituents is 1. The Morgan fingerprint density at radius 2 is 1.53 bits per heavy atom. The van der Waals surface area contributed by atoms with Crippen LogP contribution in [0.15, 0.2) is 91.0 Å². The fourth-order valence-electron chi connectivity index (χ4n) is 4.57. The number of carbonyl (C=O) groups excluding carboxylic acids is 1. The summed E-state index contributed by atoms with van der Waals surface area (Å²) in [6, 6.07) is 26.6. The van der Waals surface area contributed by atoms with E-state index in [1.165, 1.54) is 41.0 Å². The van der Waals surface area contributed by atoms with Gasteiger partial charge in [-0.25, -0.2) is 4.79 Å². The number of halogens is 1. The quantitative estimate of drug-likeness (QED) is 0.203. The van der Waals surface area contributed by atoms with Crippen molar-refractivity contribution in [1.29, 1.82) is 0 Å². The molecule has 2 amide bonds. The number of nitrogens with one attached hydrogen (secondary N) is 2. The monoisotopic (exact) mass is 528 g/mol. The molecule has 192 valence electrons. The molecule has 1 atom stereocenters. The van der Waals surface area contributed by atoms with Crippen LogP contribution >= 0.6 is 11.6 Å². The number of benzene rings is 4. The molecule has 0 aromatic heterocycles. The van der Waals surface area contributed by atoms with Gasteiger partial charge in [0, 0.05) is 35.1 Å². The number of carbonyl (C=O) groups is 1. The average molecular weight is 529 g/mol. The zero-order valence-corrected chi connectivity index (χ0v) is 21.3. The summed E-state index contributed by atoms with van der Waals surface area (Å²) in [6.07, 6.45) is 0.930. The van der Waals surface area contributed by atoms with Gasteiger partial charge < -0.3 is 15.4 Å². The molecule has 2 N–H and O–H groups in total. The Kier molecular flexibility index (Phi) is 7.26. The van der Waals surface area contributed by atoms with Crippen LogP contribution in [-0.2, 0) is 6.42 Å². The van der Waals surface area contributed by atoms with E-state index < -0.39 is 11.0 Å². The number of anilines is 2. The zero-order valence-electron chi connectivity index (χ0n) is 20.6. The Hall–Kier alpha value is -4.40. The van der Waals surface area contributed by atoms with Gasteiger partial charge >= 0.3 is 6.03 Å². The number of ether oxygens (including phenoxy) is 1. The third-order valence-electron chi connectivity index (χ3n) is 6.45. The van der Waals surface area contributed by atoms with E-state index in [4.69, 9.17) is 16.3 Å². The van der Waals surface area contributed by atoms with Crippen LogP contribution in [0.5, 0.6) is 11.5 Å². The third kappa shape index (κ3) is 5.77. The van der Waals surface area contributed by atoms with Crippen molar-refractivity contribution in [3.8, 4) is 11.5 Å². The molecule has 0 fully saturated rings. The van der Waals surface area contributed by atoms with E-state index >= 15 is 0 Å². The molecule has 38 heavy (non-hydrogen) atoms. The molecule has 4 aromatic carbocycles. The van der Waals surface area contributed by atoms with Crippen LogP contribution in [0.4, 0.5) is 21.9 Å². The average Bonchev–Trinajstić information content (AvgIpc) is 2.91. The van der Waals surface area contributed by atoms with Crippen molar-refractivity contribution in [2.75, 3.05) is 24.2 Å². The van der Waals surface area contributed by atoms with Gasteiger partial charge in [0.1, 0.15) is 11.5 Å². The van der Waals surface area contributed by atoms with E-state index in [-0.39, 0.29) is 11.7 Å². The van der Waals surface area contributed by atoms with E-state index in [2.05, 4.69) is 46.8 Å². The molecule has 1 heterocycles. The van der Waals surface area contributed by atoms with Crippen LogP contribution in [-0.4, -0.2) is 29.4 Å². The molecule has 0 spiro atoms. The van der Waals surface area contributed by atoms with Crippen molar-refractivity contribution in [3.63, 3.8) is 0 Å². The molecule has 9 heteroatoms. The maximum Gasteiger partial charge on any atom is 0.323 e. The van der Waals surface area contributed by atoms with Gasteiger partial charge in [-0.2, -0.15) is 0 Å². The first-order chi connectivity index (χ1) is 18.4. The second-order valence-electron chi connectivity index (χ2n) is 9.05. The fourth-order valence-corrected chi connectivity index (χ4v) is 4.70. The van der Waals surface area contributed by atoms with Crippen molar-refractivity contribution in [3.05, 3.63) is 123 Å². The van der Waals surface area contributed by atoms with Crippen LogP contribution in [0.2, 0.25) is 5.02 Å². The van der Waals surface area contributed by atoms with Gasteiger partial charge in [-0.15, -0.1) is 0 Å². The molecular weight excluding hydrogens is 504 g/mol. The predicted octanol–water partition coefficient (Wildman–Crippen LogP) is 7.26. The first kappa shape index (κ1) is 25.3. The molecule has 1 unspecified atom stereocenters. The van der Waals surface area contributed by atoms with Gasteiger partial charge in [-0.1, -0.05) is 29.8 Å². The summed E-state index contributed by atoms with van der Waals surface area (Å²) < 4.78 is 6.10. The van der Waals surface area contributed by atoms with E-state index in [0.29, 0.717) is 17.1 Å². The van der Waals surface area contributed by atoms with Crippen molar-refractivity contribution in [2.24, 2.45) is 0 Å². The number of amides is 2. The Morgan fingerprint density at radius 3 is 2.16 bits per heavy atom. The lowest BCUT2D eigenvalue weighted by Gasteiger charge is -2.35. The number of rotatable bonds is 6. The number of nitro benzene ring substituents is 1. The van der Waals surface area contributed by atoms with Crippen LogP contribution in [0, 0.1) is 10.1 Å². The zero-order chi connectivity index (χ0) is 26.6. The van der Waals surface area contributed by atoms with Gasteiger partial charge in [-0.05, 0) is 90.8 Å². The van der Waals surface area contributed by atoms with E-state index in [1.54, 1.807) is 24.3 Å². The normalized spacial score (nSPS) is 14.8. The highest BCUT2D eigenvalue weighted by Crippen LogP contribution is 2.37. The molecule has 1 aliphatic rings. The van der Waals surface area contributed by atoms with Gasteiger partial charge in [0.2, 0.25) is 0 Å². The van der Waals surface area contributed by atoms with Gasteiger partial charge in [-0.3, -0.25) is 15.0 Å². The molecule has 8 nitrogen and oxygen atoms in total. The number of fused-ring (bicyclic) bond motifs is 1. The number of hydrogen-bond donors (Lipinski definition) is 2. The van der Waals surface area contributed by atoms with E-state index in [9.17, 15) is 14.9 Å². The minimum atomic E-state index is -0.492. The fraction of sp³-hybridized carbons (Fsp3) is 0.138. The first-order valence-electron chi connectivity index (χ1n) is 12.0. The molecule has 0 saturated heterocycles. The Balaban J connectivity index is 1.22. The van der Waals surface area contributed by atoms with Gasteiger partial charge in [0.05, 0.1) is 11.0 Å². The summed E-state index contributed by atoms with van der Waals surface area (Å²) in [6.45, 7) is 0.937. The maximum atomic E-state index is 12.3. The summed E-state index contributed by atoms with van der Waals surface area (Å²) in [5.41, 5.74) is 4.70. The minimum Gasteiger partial charge on any atom is -0.457 e. The van der Waals surface area contributed by atoms with Crippen LogP contribution in [0.25, 0.3) is 0 Å². The lowest BCUT2D eigenvalue weighted by Crippen LogP contribution is -2.32. The Morgan fingerprint density at radius 1 is 0.921 bits per heavy atom. The molecule has 5 rings (SSSR count). The van der Waals surface area contributed by atoms with E-state index in [1.807, 2.05) is 18.2 Å². The lowest BCUT2D eigenvalue weighted by molar-refractivity contribution is -0.384. The molecule has 0 saturated carbocycles. The number of nitro groups is 1.